The Kier molecular flexibility index (Phi) is 6.97. The Balaban J connectivity index is 2.40. The Morgan fingerprint density at radius 2 is 2.21 bits per heavy atom. The highest BCUT2D eigenvalue weighted by Crippen LogP contribution is 2.12. The lowest BCUT2D eigenvalue weighted by molar-refractivity contribution is -0.121. The number of methoxy groups -OCH3 is 1. The molecule has 0 radical (unpaired) electrons. The molecular formula is C15H24N2O2. The molecule has 0 aliphatic rings. The Morgan fingerprint density at radius 3 is 2.89 bits per heavy atom. The summed E-state index contributed by atoms with van der Waals surface area (Å²) in [5.74, 6) is 0.0120. The molecule has 0 fully saturated rings. The maximum atomic E-state index is 11.9. The topological polar surface area (TPSA) is 50.4 Å². The molecule has 4 nitrogen and oxygen atoms in total. The molecule has 2 N–H and O–H groups in total. The first-order chi connectivity index (χ1) is 9.17. The van der Waals surface area contributed by atoms with Gasteiger partial charge in [-0.25, -0.2) is 0 Å². The minimum absolute atomic E-state index is 0.0120. The van der Waals surface area contributed by atoms with Crippen molar-refractivity contribution in [3.8, 4) is 0 Å². The van der Waals surface area contributed by atoms with Gasteiger partial charge in [-0.15, -0.1) is 0 Å². The van der Waals surface area contributed by atoms with Crippen molar-refractivity contribution in [2.75, 3.05) is 25.6 Å². The fourth-order valence-corrected chi connectivity index (χ4v) is 1.78. The van der Waals surface area contributed by atoms with Crippen molar-refractivity contribution < 1.29 is 9.53 Å². The zero-order valence-electron chi connectivity index (χ0n) is 12.0. The Hall–Kier alpha value is -1.55. The van der Waals surface area contributed by atoms with Crippen LogP contribution in [0.1, 0.15) is 25.8 Å². The van der Waals surface area contributed by atoms with E-state index in [1.165, 1.54) is 5.56 Å². The molecule has 0 aromatic heterocycles. The van der Waals surface area contributed by atoms with Gasteiger partial charge in [0.25, 0.3) is 0 Å². The molecule has 1 amide bonds. The minimum Gasteiger partial charge on any atom is -0.385 e. The number of benzene rings is 1. The highest BCUT2D eigenvalue weighted by Gasteiger charge is 2.11. The number of ether oxygens (including phenoxy) is 1. The van der Waals surface area contributed by atoms with Crippen LogP contribution in [-0.2, 0) is 16.0 Å². The zero-order valence-corrected chi connectivity index (χ0v) is 12.0. The molecule has 0 heterocycles. The summed E-state index contributed by atoms with van der Waals surface area (Å²) in [6.45, 7) is 5.30. The van der Waals surface area contributed by atoms with Crippen LogP contribution >= 0.6 is 0 Å². The third-order valence-electron chi connectivity index (χ3n) is 2.94. The number of nitrogens with one attached hydrogen (secondary N) is 2. The third kappa shape index (κ3) is 5.75. The molecule has 1 rings (SSSR count). The minimum atomic E-state index is -0.241. The van der Waals surface area contributed by atoms with Gasteiger partial charge in [0.05, 0.1) is 0 Å². The lowest BCUT2D eigenvalue weighted by Crippen LogP contribution is -2.38. The first kappa shape index (κ1) is 15.5. The van der Waals surface area contributed by atoms with E-state index in [-0.39, 0.29) is 11.9 Å². The monoisotopic (exact) mass is 264 g/mol. The van der Waals surface area contributed by atoms with E-state index in [1.54, 1.807) is 7.11 Å². The number of rotatable bonds is 8. The molecule has 0 aliphatic heterocycles. The Labute approximate surface area is 115 Å². The SMILES string of the molecule is CCc1cccc(NC(C)C(=O)NCCCOC)c1. The molecular weight excluding hydrogens is 240 g/mol. The Bertz CT molecular complexity index is 393. The molecule has 4 heteroatoms. The zero-order chi connectivity index (χ0) is 14.1. The van der Waals surface area contributed by atoms with Gasteiger partial charge in [-0.3, -0.25) is 4.79 Å². The van der Waals surface area contributed by atoms with E-state index in [1.807, 2.05) is 19.1 Å². The highest BCUT2D eigenvalue weighted by atomic mass is 16.5. The number of anilines is 1. The van der Waals surface area contributed by atoms with Crippen molar-refractivity contribution in [3.05, 3.63) is 29.8 Å². The Morgan fingerprint density at radius 1 is 1.42 bits per heavy atom. The van der Waals surface area contributed by atoms with Gasteiger partial charge in [-0.2, -0.15) is 0 Å². The van der Waals surface area contributed by atoms with Gasteiger partial charge in [-0.1, -0.05) is 19.1 Å². The van der Waals surface area contributed by atoms with Gasteiger partial charge in [0.2, 0.25) is 5.91 Å². The molecule has 1 aromatic carbocycles. The van der Waals surface area contributed by atoms with Crippen LogP contribution in [0, 0.1) is 0 Å². The molecule has 1 atom stereocenters. The fraction of sp³-hybridized carbons (Fsp3) is 0.533. The number of hydrogen-bond donors (Lipinski definition) is 2. The van der Waals surface area contributed by atoms with Crippen LogP contribution in [0.5, 0.6) is 0 Å². The van der Waals surface area contributed by atoms with Gasteiger partial charge in [0.15, 0.2) is 0 Å². The normalized spacial score (nSPS) is 11.9. The summed E-state index contributed by atoms with van der Waals surface area (Å²) >= 11 is 0. The summed E-state index contributed by atoms with van der Waals surface area (Å²) in [5.41, 5.74) is 2.25. The van der Waals surface area contributed by atoms with E-state index in [0.29, 0.717) is 13.2 Å². The van der Waals surface area contributed by atoms with E-state index in [4.69, 9.17) is 4.74 Å². The summed E-state index contributed by atoms with van der Waals surface area (Å²) < 4.78 is 4.94. The van der Waals surface area contributed by atoms with Crippen LogP contribution in [0.2, 0.25) is 0 Å². The van der Waals surface area contributed by atoms with Crippen LogP contribution in [0.25, 0.3) is 0 Å². The van der Waals surface area contributed by atoms with Gasteiger partial charge >= 0.3 is 0 Å². The number of amides is 1. The summed E-state index contributed by atoms with van der Waals surface area (Å²) in [4.78, 5) is 11.9. The second-order valence-electron chi connectivity index (χ2n) is 4.56. The average molecular weight is 264 g/mol. The first-order valence-corrected chi connectivity index (χ1v) is 6.79. The summed E-state index contributed by atoms with van der Waals surface area (Å²) in [6.07, 6.45) is 1.83. The molecule has 1 aromatic rings. The van der Waals surface area contributed by atoms with Crippen molar-refractivity contribution in [1.82, 2.24) is 5.32 Å². The molecule has 19 heavy (non-hydrogen) atoms. The molecule has 0 bridgehead atoms. The largest absolute Gasteiger partial charge is 0.385 e. The smallest absolute Gasteiger partial charge is 0.242 e. The van der Waals surface area contributed by atoms with E-state index < -0.39 is 0 Å². The number of hydrogen-bond acceptors (Lipinski definition) is 3. The first-order valence-electron chi connectivity index (χ1n) is 6.79. The lowest BCUT2D eigenvalue weighted by Gasteiger charge is -2.15. The van der Waals surface area contributed by atoms with Crippen LogP contribution in [0.4, 0.5) is 5.69 Å². The molecule has 106 valence electrons. The summed E-state index contributed by atoms with van der Waals surface area (Å²) in [6, 6.07) is 7.91. The predicted octanol–water partition coefficient (Wildman–Crippen LogP) is 2.20. The standard InChI is InChI=1S/C15H24N2O2/c1-4-13-7-5-8-14(11-13)17-12(2)15(18)16-9-6-10-19-3/h5,7-8,11-12,17H,4,6,9-10H2,1-3H3,(H,16,18). The van der Waals surface area contributed by atoms with Gasteiger partial charge in [0.1, 0.15) is 6.04 Å². The van der Waals surface area contributed by atoms with Crippen molar-refractivity contribution in [3.63, 3.8) is 0 Å². The molecule has 1 unspecified atom stereocenters. The van der Waals surface area contributed by atoms with Crippen molar-refractivity contribution in [2.45, 2.75) is 32.7 Å². The van der Waals surface area contributed by atoms with E-state index in [9.17, 15) is 4.79 Å². The van der Waals surface area contributed by atoms with Gasteiger partial charge in [0, 0.05) is 25.9 Å². The molecule has 0 aliphatic carbocycles. The van der Waals surface area contributed by atoms with Crippen LogP contribution in [0.3, 0.4) is 0 Å². The van der Waals surface area contributed by atoms with Gasteiger partial charge < -0.3 is 15.4 Å². The fourth-order valence-electron chi connectivity index (χ4n) is 1.78. The van der Waals surface area contributed by atoms with Gasteiger partial charge in [-0.05, 0) is 37.5 Å². The second kappa shape index (κ2) is 8.53. The van der Waals surface area contributed by atoms with E-state index in [2.05, 4.69) is 29.7 Å². The third-order valence-corrected chi connectivity index (χ3v) is 2.94. The van der Waals surface area contributed by atoms with Crippen molar-refractivity contribution >= 4 is 11.6 Å². The van der Waals surface area contributed by atoms with Crippen molar-refractivity contribution in [2.24, 2.45) is 0 Å². The summed E-state index contributed by atoms with van der Waals surface area (Å²) in [5, 5.41) is 6.10. The highest BCUT2D eigenvalue weighted by molar-refractivity contribution is 5.84. The second-order valence-corrected chi connectivity index (χ2v) is 4.56. The van der Waals surface area contributed by atoms with Crippen LogP contribution in [0.15, 0.2) is 24.3 Å². The average Bonchev–Trinajstić information content (AvgIpc) is 2.43. The number of carbonyl (C=O) groups is 1. The quantitative estimate of drug-likeness (QED) is 0.708. The predicted molar refractivity (Wildman–Crippen MR) is 78.4 cm³/mol. The van der Waals surface area contributed by atoms with E-state index in [0.717, 1.165) is 18.5 Å². The maximum Gasteiger partial charge on any atom is 0.242 e. The number of carbonyl (C=O) groups excluding carboxylic acids is 1. The van der Waals surface area contributed by atoms with Crippen molar-refractivity contribution in [1.29, 1.82) is 0 Å². The molecule has 0 saturated heterocycles. The molecule has 0 spiro atoms. The van der Waals surface area contributed by atoms with E-state index >= 15 is 0 Å². The molecule has 0 saturated carbocycles. The van der Waals surface area contributed by atoms with Crippen LogP contribution in [-0.4, -0.2) is 32.2 Å². The van der Waals surface area contributed by atoms with Crippen LogP contribution < -0.4 is 10.6 Å². The number of aryl methyl sites for hydroxylation is 1. The summed E-state index contributed by atoms with van der Waals surface area (Å²) in [7, 11) is 1.66. The lowest BCUT2D eigenvalue weighted by atomic mass is 10.1. The maximum absolute atomic E-state index is 11.9.